The summed E-state index contributed by atoms with van der Waals surface area (Å²) in [5.41, 5.74) is 0. The van der Waals surface area contributed by atoms with E-state index in [4.69, 9.17) is 4.57 Å². The van der Waals surface area contributed by atoms with Gasteiger partial charge in [-0.15, -0.1) is 0 Å². The quantitative estimate of drug-likeness (QED) is 0.511. The van der Waals surface area contributed by atoms with E-state index in [2.05, 4.69) is 3.03 Å². The fourth-order valence-corrected chi connectivity index (χ4v) is 0. The van der Waals surface area contributed by atoms with Gasteiger partial charge in [0.1, 0.15) is 0 Å². The van der Waals surface area contributed by atoms with Crippen LogP contribution in [0.2, 0.25) is 0 Å². The summed E-state index contributed by atoms with van der Waals surface area (Å²) in [5, 5.41) is 0. The monoisotopic (exact) mass is 260 g/mol. The zero-order chi connectivity index (χ0) is 3.41. The van der Waals surface area contributed by atoms with Crippen molar-refractivity contribution in [2.75, 3.05) is 0 Å². The zero-order valence-corrected chi connectivity index (χ0v) is 4.63. The minimum atomic E-state index is -0.276. The van der Waals surface area contributed by atoms with Crippen LogP contribution in [0.5, 0.6) is 0 Å². The molecule has 0 radical (unpaired) electrons. The summed E-state index contributed by atoms with van der Waals surface area (Å²) in [6.45, 7) is 0. The van der Waals surface area contributed by atoms with E-state index in [1.165, 1.54) is 0 Å². The Bertz CT molecular complexity index is 20.0. The molecule has 0 aliphatic carbocycles. The van der Waals surface area contributed by atoms with E-state index in [1.807, 2.05) is 0 Å². The van der Waals surface area contributed by atoms with Crippen LogP contribution in [0.15, 0.2) is 0 Å². The molecule has 2 nitrogen and oxygen atoms in total. The second kappa shape index (κ2) is 3.80. The Balaban J connectivity index is 2.30. The van der Waals surface area contributed by atoms with Crippen molar-refractivity contribution in [2.45, 2.75) is 0 Å². The van der Waals surface area contributed by atoms with Crippen molar-refractivity contribution < 1.29 is 29.1 Å². The van der Waals surface area contributed by atoms with Crippen LogP contribution in [0.25, 0.3) is 0 Å². The second-order valence-corrected chi connectivity index (χ2v) is 1.58. The van der Waals surface area contributed by atoms with Gasteiger partial charge in [0.25, 0.3) is 0 Å². The molecule has 0 spiro atoms. The van der Waals surface area contributed by atoms with Crippen LogP contribution in [0.4, 0.5) is 0 Å². The fourth-order valence-electron chi connectivity index (χ4n) is 0. The van der Waals surface area contributed by atoms with Gasteiger partial charge in [-0.2, -0.15) is 0 Å². The van der Waals surface area contributed by atoms with E-state index in [-0.39, 0.29) is 8.69 Å². The third-order valence-electron chi connectivity index (χ3n) is 0.0225. The van der Waals surface area contributed by atoms with Crippen LogP contribution >= 0.6 is 8.69 Å². The Morgan fingerprint density at radius 1 is 2.00 bits per heavy atom. The van der Waals surface area contributed by atoms with Crippen LogP contribution < -0.4 is 0 Å². The van der Waals surface area contributed by atoms with Gasteiger partial charge in [-0.25, -0.2) is 0 Å². The first-order valence-corrected chi connectivity index (χ1v) is 2.10. The van der Waals surface area contributed by atoms with E-state index >= 15 is 0 Å². The summed E-state index contributed by atoms with van der Waals surface area (Å²) >= 11 is 1.67. The van der Waals surface area contributed by atoms with Crippen molar-refractivity contribution in [1.82, 2.24) is 0 Å². The molecule has 0 amide bonds. The Morgan fingerprint density at radius 3 is 2.25 bits per heavy atom. The average molecular weight is 260 g/mol. The first-order valence-electron chi connectivity index (χ1n) is 0.488. The van der Waals surface area contributed by atoms with E-state index in [9.17, 15) is 0 Å². The molecule has 4 heavy (non-hydrogen) atoms. The molecule has 4 heteroatoms. The first kappa shape index (κ1) is 4.80. The Hall–Kier alpha value is 0.800. The van der Waals surface area contributed by atoms with Gasteiger partial charge in [0.05, 0.1) is 0 Å². The molecule has 0 aromatic rings. The molecule has 0 bridgehead atoms. The predicted molar refractivity (Wildman–Crippen MR) is 8.69 cm³/mol. The Kier molecular flexibility index (Phi) is 4.56. The molecule has 0 saturated carbocycles. The summed E-state index contributed by atoms with van der Waals surface area (Å²) in [5.74, 6) is 0. The molecule has 0 unspecified atom stereocenters. The molecule has 0 aliphatic heterocycles. The van der Waals surface area contributed by atoms with Gasteiger partial charge in [0.15, 0.2) is 0 Å². The second-order valence-electron chi connectivity index (χ2n) is 0.130. The molecular weight excluding hydrogens is 260 g/mol. The number of rotatable bonds is 1. The Morgan fingerprint density at radius 2 is 2.25 bits per heavy atom. The molecule has 0 N–H and O–H groups in total. The summed E-state index contributed by atoms with van der Waals surface area (Å²) in [6, 6.07) is 0. The van der Waals surface area contributed by atoms with Crippen LogP contribution in [0, 0.1) is 0 Å². The molecule has 0 atom stereocenters. The molecule has 0 fully saturated rings. The van der Waals surface area contributed by atoms with E-state index < -0.39 is 0 Å². The topological polar surface area (TPSA) is 26.3 Å². The van der Waals surface area contributed by atoms with Gasteiger partial charge in [-0.05, 0) is 0 Å². The maximum absolute atomic E-state index is 9.03. The van der Waals surface area contributed by atoms with Crippen molar-refractivity contribution in [1.29, 1.82) is 0 Å². The average Bonchev–Trinajstić information content (AvgIpc) is 1.37. The van der Waals surface area contributed by atoms with Crippen LogP contribution in [0.3, 0.4) is 0 Å². The van der Waals surface area contributed by atoms with Gasteiger partial charge >= 0.3 is 37.7 Å². The van der Waals surface area contributed by atoms with E-state index in [1.54, 1.807) is 21.5 Å². The van der Waals surface area contributed by atoms with Gasteiger partial charge in [0, 0.05) is 0 Å². The third kappa shape index (κ3) is 2.80. The summed E-state index contributed by atoms with van der Waals surface area (Å²) < 4.78 is 12.9. The molecule has 0 aromatic heterocycles. The third-order valence-corrected chi connectivity index (χ3v) is 0.552. The first-order chi connectivity index (χ1) is 1.91. The predicted octanol–water partition coefficient (Wildman–Crippen LogP) is 0.671. The van der Waals surface area contributed by atoms with E-state index in [0.29, 0.717) is 0 Å². The molecular formula is AuO2P. The zero-order valence-electron chi connectivity index (χ0n) is 1.57. The molecule has 0 aromatic carbocycles. The SMILES string of the molecule is O=P[O][Au]. The van der Waals surface area contributed by atoms with Crippen molar-refractivity contribution in [3.63, 3.8) is 0 Å². The summed E-state index contributed by atoms with van der Waals surface area (Å²) in [7, 11) is -0.276. The van der Waals surface area contributed by atoms with Crippen molar-refractivity contribution in [3.8, 4) is 0 Å². The number of hydrogen-bond acceptors (Lipinski definition) is 2. The standard InChI is InChI=1S/Au.HO2P/c;1-3-2/h;(H,1,2)/q+1;/p-1. The van der Waals surface area contributed by atoms with Crippen molar-refractivity contribution in [2.24, 2.45) is 0 Å². The normalized spacial score (nSPS) is 8.50. The molecule has 0 saturated heterocycles. The summed E-state index contributed by atoms with van der Waals surface area (Å²) in [4.78, 5) is 0. The maximum atomic E-state index is 9.03. The van der Waals surface area contributed by atoms with Crippen molar-refractivity contribution in [3.05, 3.63) is 0 Å². The van der Waals surface area contributed by atoms with Gasteiger partial charge < -0.3 is 0 Å². The summed E-state index contributed by atoms with van der Waals surface area (Å²) in [6.07, 6.45) is 0. The molecule has 28 valence electrons. The fraction of sp³-hybridized carbons (Fsp3) is 0. The van der Waals surface area contributed by atoms with Crippen LogP contribution in [-0.4, -0.2) is 0 Å². The van der Waals surface area contributed by atoms with Gasteiger partial charge in [-0.3, -0.25) is 0 Å². The molecule has 0 heterocycles. The Labute approximate surface area is 38.2 Å². The van der Waals surface area contributed by atoms with Crippen LogP contribution in [0.1, 0.15) is 0 Å². The van der Waals surface area contributed by atoms with Gasteiger partial charge in [-0.1, -0.05) is 0 Å². The van der Waals surface area contributed by atoms with Crippen molar-refractivity contribution >= 4 is 8.69 Å². The van der Waals surface area contributed by atoms with Crippen LogP contribution in [-0.2, 0) is 29.1 Å². The van der Waals surface area contributed by atoms with E-state index in [0.717, 1.165) is 0 Å². The molecule has 0 aliphatic rings. The molecule has 0 rings (SSSR count). The van der Waals surface area contributed by atoms with Gasteiger partial charge in [0.2, 0.25) is 0 Å². The minimum absolute atomic E-state index is 0.276. The number of hydrogen-bond donors (Lipinski definition) is 0.